The predicted octanol–water partition coefficient (Wildman–Crippen LogP) is 3.57. The molecule has 0 saturated heterocycles. The van der Waals surface area contributed by atoms with E-state index in [1.54, 1.807) is 0 Å². The van der Waals surface area contributed by atoms with Crippen LogP contribution in [0, 0.1) is 17.8 Å². The quantitative estimate of drug-likeness (QED) is 0.906. The second kappa shape index (κ2) is 5.41. The molecule has 2 N–H and O–H groups in total. The fraction of sp³-hybridized carbons (Fsp3) is 0.556. The smallest absolute Gasteiger partial charge is 0.220 e. The highest BCUT2D eigenvalue weighted by atomic mass is 16.1. The highest BCUT2D eigenvalue weighted by molar-refractivity contribution is 5.77. The molecule has 2 aromatic rings. The van der Waals surface area contributed by atoms with E-state index in [0.717, 1.165) is 28.7 Å². The number of carbonyl (C=O) groups is 1. The van der Waals surface area contributed by atoms with E-state index in [9.17, 15) is 4.79 Å². The molecular weight excluding hydrogens is 274 g/mol. The molecule has 22 heavy (non-hydrogen) atoms. The summed E-state index contributed by atoms with van der Waals surface area (Å²) in [5, 5.41) is 3.11. The predicted molar refractivity (Wildman–Crippen MR) is 86.2 cm³/mol. The zero-order valence-electron chi connectivity index (χ0n) is 13.0. The average molecular weight is 297 g/mol. The maximum atomic E-state index is 12.3. The van der Waals surface area contributed by atoms with Crippen molar-refractivity contribution in [3.05, 3.63) is 30.1 Å². The number of nitrogens with one attached hydrogen (secondary N) is 2. The number of rotatable bonds is 4. The minimum atomic E-state index is -0.0708. The Bertz CT molecular complexity index is 659. The summed E-state index contributed by atoms with van der Waals surface area (Å²) in [5.74, 6) is 3.32. The van der Waals surface area contributed by atoms with Gasteiger partial charge >= 0.3 is 0 Å². The number of aromatic amines is 1. The minimum absolute atomic E-state index is 0.0708. The van der Waals surface area contributed by atoms with E-state index in [4.69, 9.17) is 0 Å². The monoisotopic (exact) mass is 297 g/mol. The number of hydrogen-bond donors (Lipinski definition) is 2. The van der Waals surface area contributed by atoms with Gasteiger partial charge in [0.1, 0.15) is 5.82 Å². The number of imidazole rings is 1. The van der Waals surface area contributed by atoms with Crippen LogP contribution in [0.3, 0.4) is 0 Å². The lowest BCUT2D eigenvalue weighted by Gasteiger charge is -2.21. The number of amides is 1. The molecule has 0 spiro atoms. The van der Waals surface area contributed by atoms with Gasteiger partial charge in [-0.1, -0.05) is 18.6 Å². The van der Waals surface area contributed by atoms with Gasteiger partial charge in [0, 0.05) is 6.42 Å². The molecule has 4 heteroatoms. The summed E-state index contributed by atoms with van der Waals surface area (Å²) in [6, 6.07) is 7.89. The van der Waals surface area contributed by atoms with Crippen molar-refractivity contribution >= 4 is 16.9 Å². The van der Waals surface area contributed by atoms with Gasteiger partial charge in [-0.25, -0.2) is 4.98 Å². The maximum absolute atomic E-state index is 12.3. The molecule has 2 bridgehead atoms. The molecule has 1 aromatic heterocycles. The van der Waals surface area contributed by atoms with E-state index in [-0.39, 0.29) is 11.9 Å². The Morgan fingerprint density at radius 3 is 2.95 bits per heavy atom. The Balaban J connectivity index is 1.38. The minimum Gasteiger partial charge on any atom is -0.346 e. The molecule has 0 radical (unpaired) electrons. The molecule has 4 atom stereocenters. The fourth-order valence-electron chi connectivity index (χ4n) is 4.41. The number of H-pyrrole nitrogens is 1. The molecule has 2 fully saturated rings. The SMILES string of the molecule is C[C@H](NC(=O)CC1CC2CCC1C2)c1nc2ccccc2[nH]1. The highest BCUT2D eigenvalue weighted by Crippen LogP contribution is 2.49. The summed E-state index contributed by atoms with van der Waals surface area (Å²) in [6.45, 7) is 2.00. The Hall–Kier alpha value is -1.84. The summed E-state index contributed by atoms with van der Waals surface area (Å²) in [4.78, 5) is 20.2. The average Bonchev–Trinajstić information content (AvgIpc) is 3.21. The molecule has 1 heterocycles. The van der Waals surface area contributed by atoms with Gasteiger partial charge in [-0.3, -0.25) is 4.79 Å². The standard InChI is InChI=1S/C18H23N3O/c1-11(18-20-15-4-2-3-5-16(15)21-18)19-17(22)10-14-9-12-6-7-13(14)8-12/h2-5,11-14H,6-10H2,1H3,(H,19,22)(H,20,21)/t11-,12?,13?,14?/m0/s1. The van der Waals surface area contributed by atoms with Gasteiger partial charge in [0.25, 0.3) is 0 Å². The van der Waals surface area contributed by atoms with E-state index < -0.39 is 0 Å². The van der Waals surface area contributed by atoms with Gasteiger partial charge in [-0.15, -0.1) is 0 Å². The van der Waals surface area contributed by atoms with Crippen LogP contribution < -0.4 is 5.32 Å². The van der Waals surface area contributed by atoms with Crippen molar-refractivity contribution in [2.24, 2.45) is 17.8 Å². The van der Waals surface area contributed by atoms with Crippen molar-refractivity contribution in [1.82, 2.24) is 15.3 Å². The van der Waals surface area contributed by atoms with Gasteiger partial charge < -0.3 is 10.3 Å². The first-order chi connectivity index (χ1) is 10.7. The van der Waals surface area contributed by atoms with Gasteiger partial charge in [-0.2, -0.15) is 0 Å². The number of fused-ring (bicyclic) bond motifs is 3. The number of nitrogens with zero attached hydrogens (tertiary/aromatic N) is 1. The number of carbonyl (C=O) groups excluding carboxylic acids is 1. The van der Waals surface area contributed by atoms with Crippen molar-refractivity contribution in [1.29, 1.82) is 0 Å². The van der Waals surface area contributed by atoms with Crippen LogP contribution in [0.15, 0.2) is 24.3 Å². The largest absolute Gasteiger partial charge is 0.346 e. The molecule has 0 aliphatic heterocycles. The first kappa shape index (κ1) is 13.8. The van der Waals surface area contributed by atoms with Crippen molar-refractivity contribution in [3.63, 3.8) is 0 Å². The number of aromatic nitrogens is 2. The third kappa shape index (κ3) is 2.51. The van der Waals surface area contributed by atoms with Gasteiger partial charge in [-0.05, 0) is 56.1 Å². The van der Waals surface area contributed by atoms with Crippen molar-refractivity contribution in [3.8, 4) is 0 Å². The van der Waals surface area contributed by atoms with Gasteiger partial charge in [0.05, 0.1) is 17.1 Å². The third-order valence-electron chi connectivity index (χ3n) is 5.53. The summed E-state index contributed by atoms with van der Waals surface area (Å²) in [7, 11) is 0. The summed E-state index contributed by atoms with van der Waals surface area (Å²) < 4.78 is 0. The normalized spacial score (nSPS) is 28.1. The maximum Gasteiger partial charge on any atom is 0.220 e. The lowest BCUT2D eigenvalue weighted by Crippen LogP contribution is -2.30. The Morgan fingerprint density at radius 1 is 1.36 bits per heavy atom. The topological polar surface area (TPSA) is 57.8 Å². The van der Waals surface area contributed by atoms with Crippen LogP contribution in [0.5, 0.6) is 0 Å². The number of hydrogen-bond acceptors (Lipinski definition) is 2. The molecule has 3 unspecified atom stereocenters. The van der Waals surface area contributed by atoms with Crippen molar-refractivity contribution in [2.75, 3.05) is 0 Å². The number of para-hydroxylation sites is 2. The van der Waals surface area contributed by atoms with Gasteiger partial charge in [0.2, 0.25) is 5.91 Å². The van der Waals surface area contributed by atoms with Crippen LogP contribution in [0.25, 0.3) is 11.0 Å². The van der Waals surface area contributed by atoms with Crippen LogP contribution in [-0.4, -0.2) is 15.9 Å². The van der Waals surface area contributed by atoms with E-state index in [1.807, 2.05) is 31.2 Å². The summed E-state index contributed by atoms with van der Waals surface area (Å²) in [5.41, 5.74) is 1.97. The van der Waals surface area contributed by atoms with Crippen molar-refractivity contribution in [2.45, 2.75) is 45.1 Å². The lowest BCUT2D eigenvalue weighted by atomic mass is 9.86. The van der Waals surface area contributed by atoms with Crippen molar-refractivity contribution < 1.29 is 4.79 Å². The molecular formula is C18H23N3O. The molecule has 4 rings (SSSR count). The van der Waals surface area contributed by atoms with E-state index in [0.29, 0.717) is 12.3 Å². The third-order valence-corrected chi connectivity index (χ3v) is 5.53. The Kier molecular flexibility index (Phi) is 3.40. The second-order valence-electron chi connectivity index (χ2n) is 7.07. The number of benzene rings is 1. The van der Waals surface area contributed by atoms with Crippen LogP contribution in [0.1, 0.15) is 50.9 Å². The Labute approximate surface area is 130 Å². The van der Waals surface area contributed by atoms with E-state index in [1.165, 1.54) is 25.7 Å². The molecule has 1 aromatic carbocycles. The van der Waals surface area contributed by atoms with Crippen LogP contribution in [-0.2, 0) is 4.79 Å². The molecule has 2 aliphatic rings. The molecule has 2 saturated carbocycles. The first-order valence-electron chi connectivity index (χ1n) is 8.43. The van der Waals surface area contributed by atoms with Gasteiger partial charge in [0.15, 0.2) is 0 Å². The second-order valence-corrected chi connectivity index (χ2v) is 7.07. The fourth-order valence-corrected chi connectivity index (χ4v) is 4.41. The van der Waals surface area contributed by atoms with E-state index >= 15 is 0 Å². The Morgan fingerprint density at radius 2 is 2.23 bits per heavy atom. The molecule has 2 aliphatic carbocycles. The highest BCUT2D eigenvalue weighted by Gasteiger charge is 2.40. The van der Waals surface area contributed by atoms with Crippen LogP contribution in [0.4, 0.5) is 0 Å². The van der Waals surface area contributed by atoms with E-state index in [2.05, 4.69) is 15.3 Å². The molecule has 1 amide bonds. The van der Waals surface area contributed by atoms with Crippen LogP contribution >= 0.6 is 0 Å². The zero-order chi connectivity index (χ0) is 15.1. The summed E-state index contributed by atoms with van der Waals surface area (Å²) in [6.07, 6.45) is 6.03. The lowest BCUT2D eigenvalue weighted by molar-refractivity contribution is -0.123. The molecule has 4 nitrogen and oxygen atoms in total. The first-order valence-corrected chi connectivity index (χ1v) is 8.43. The molecule has 116 valence electrons. The summed E-state index contributed by atoms with van der Waals surface area (Å²) >= 11 is 0. The van der Waals surface area contributed by atoms with Crippen LogP contribution in [0.2, 0.25) is 0 Å². The zero-order valence-corrected chi connectivity index (χ0v) is 13.0.